The van der Waals surface area contributed by atoms with Gasteiger partial charge in [0.1, 0.15) is 6.61 Å². The highest BCUT2D eigenvalue weighted by atomic mass is 16.5. The van der Waals surface area contributed by atoms with Crippen molar-refractivity contribution in [3.63, 3.8) is 0 Å². The zero-order chi connectivity index (χ0) is 12.5. The van der Waals surface area contributed by atoms with E-state index in [-0.39, 0.29) is 6.02 Å². The molecule has 1 saturated carbocycles. The Hall–Kier alpha value is -1.97. The third kappa shape index (κ3) is 2.32. The fourth-order valence-corrected chi connectivity index (χ4v) is 2.13. The number of hydrogen-bond acceptors (Lipinski definition) is 4. The van der Waals surface area contributed by atoms with Crippen LogP contribution < -0.4 is 10.6 Å². The Morgan fingerprint density at radius 1 is 1.44 bits per heavy atom. The Labute approximate surface area is 107 Å². The predicted molar refractivity (Wildman–Crippen MR) is 72.5 cm³/mol. The molecule has 1 heterocycles. The van der Waals surface area contributed by atoms with E-state index in [0.717, 1.165) is 11.6 Å². The first-order chi connectivity index (χ1) is 8.72. The molecule has 1 fully saturated rings. The Morgan fingerprint density at radius 2 is 2.28 bits per heavy atom. The molecule has 4 heteroatoms. The van der Waals surface area contributed by atoms with Gasteiger partial charge in [-0.1, -0.05) is 12.1 Å². The van der Waals surface area contributed by atoms with E-state index in [1.807, 2.05) is 13.2 Å². The summed E-state index contributed by atoms with van der Waals surface area (Å²) in [5.41, 5.74) is 8.94. The van der Waals surface area contributed by atoms with Crippen molar-refractivity contribution in [1.29, 1.82) is 0 Å². The number of nitrogens with zero attached hydrogens (tertiary/aromatic N) is 2. The van der Waals surface area contributed by atoms with E-state index in [9.17, 15) is 0 Å². The van der Waals surface area contributed by atoms with E-state index >= 15 is 0 Å². The summed E-state index contributed by atoms with van der Waals surface area (Å²) in [5.74, 6) is 0.773. The van der Waals surface area contributed by atoms with Crippen LogP contribution >= 0.6 is 0 Å². The Morgan fingerprint density at radius 3 is 2.94 bits per heavy atom. The molecular formula is C14H17N3O. The van der Waals surface area contributed by atoms with E-state index < -0.39 is 0 Å². The van der Waals surface area contributed by atoms with Crippen molar-refractivity contribution in [2.75, 3.05) is 18.6 Å². The van der Waals surface area contributed by atoms with E-state index in [0.29, 0.717) is 6.61 Å². The van der Waals surface area contributed by atoms with Gasteiger partial charge in [0.15, 0.2) is 0 Å². The van der Waals surface area contributed by atoms with Gasteiger partial charge in [-0.05, 0) is 36.5 Å². The molecule has 0 unspecified atom stereocenters. The second-order valence-corrected chi connectivity index (χ2v) is 4.84. The third-order valence-corrected chi connectivity index (χ3v) is 3.29. The quantitative estimate of drug-likeness (QED) is 0.885. The maximum atomic E-state index is 5.48. The van der Waals surface area contributed by atoms with E-state index in [1.165, 1.54) is 24.1 Å². The van der Waals surface area contributed by atoms with Gasteiger partial charge < -0.3 is 15.4 Å². The number of amidine groups is 1. The molecule has 0 aromatic heterocycles. The van der Waals surface area contributed by atoms with Gasteiger partial charge in [-0.15, -0.1) is 0 Å². The number of hydrogen-bond donors (Lipinski definition) is 1. The number of benzene rings is 1. The van der Waals surface area contributed by atoms with E-state index in [4.69, 9.17) is 10.5 Å². The minimum Gasteiger partial charge on any atom is -0.459 e. The SMILES string of the molecule is CN(/C=C1/COC(N)=N1)c1cccc(C2CC2)c1. The molecule has 4 nitrogen and oxygen atoms in total. The van der Waals surface area contributed by atoms with Crippen molar-refractivity contribution in [2.45, 2.75) is 18.8 Å². The first-order valence-electron chi connectivity index (χ1n) is 6.23. The molecule has 1 aromatic rings. The number of rotatable bonds is 3. The van der Waals surface area contributed by atoms with Crippen LogP contribution in [0.2, 0.25) is 0 Å². The van der Waals surface area contributed by atoms with Crippen molar-refractivity contribution in [1.82, 2.24) is 0 Å². The molecule has 0 amide bonds. The number of anilines is 1. The minimum atomic E-state index is 0.251. The molecule has 0 saturated heterocycles. The second-order valence-electron chi connectivity index (χ2n) is 4.84. The summed E-state index contributed by atoms with van der Waals surface area (Å²) in [5, 5.41) is 0. The lowest BCUT2D eigenvalue weighted by molar-refractivity contribution is 0.357. The van der Waals surface area contributed by atoms with Crippen LogP contribution in [0.3, 0.4) is 0 Å². The first kappa shape index (κ1) is 11.1. The molecule has 2 aliphatic rings. The van der Waals surface area contributed by atoms with Gasteiger partial charge >= 0.3 is 0 Å². The van der Waals surface area contributed by atoms with Gasteiger partial charge in [-0.25, -0.2) is 0 Å². The fourth-order valence-electron chi connectivity index (χ4n) is 2.13. The minimum absolute atomic E-state index is 0.251. The first-order valence-corrected chi connectivity index (χ1v) is 6.23. The Bertz CT molecular complexity index is 518. The number of aliphatic imine (C=N–C) groups is 1. The molecule has 3 rings (SSSR count). The van der Waals surface area contributed by atoms with Gasteiger partial charge in [-0.2, -0.15) is 4.99 Å². The molecule has 0 bridgehead atoms. The fraction of sp³-hybridized carbons (Fsp3) is 0.357. The third-order valence-electron chi connectivity index (χ3n) is 3.29. The van der Waals surface area contributed by atoms with Gasteiger partial charge in [-0.3, -0.25) is 0 Å². The lowest BCUT2D eigenvalue weighted by Crippen LogP contribution is -2.10. The van der Waals surface area contributed by atoms with Crippen LogP contribution in [0.25, 0.3) is 0 Å². The Kier molecular flexibility index (Phi) is 2.70. The average Bonchev–Trinajstić information content (AvgIpc) is 3.14. The van der Waals surface area contributed by atoms with Crippen molar-refractivity contribution in [3.8, 4) is 0 Å². The van der Waals surface area contributed by atoms with Crippen LogP contribution in [-0.2, 0) is 4.74 Å². The number of nitrogens with two attached hydrogens (primary N) is 1. The molecule has 1 aliphatic carbocycles. The van der Waals surface area contributed by atoms with Crippen LogP contribution in [0.4, 0.5) is 5.69 Å². The molecule has 2 N–H and O–H groups in total. The molecule has 0 atom stereocenters. The normalized spacial score (nSPS) is 20.7. The van der Waals surface area contributed by atoms with Crippen LogP contribution in [0.15, 0.2) is 41.2 Å². The molecule has 18 heavy (non-hydrogen) atoms. The maximum absolute atomic E-state index is 5.48. The van der Waals surface area contributed by atoms with Gasteiger partial charge in [0.25, 0.3) is 6.02 Å². The standard InChI is InChI=1S/C14H17N3O/c1-17(8-12-9-18-14(15)16-12)13-4-2-3-11(7-13)10-5-6-10/h2-4,7-8,10H,5-6,9H2,1H3,(H2,15,16)/b12-8-. The molecule has 0 spiro atoms. The summed E-state index contributed by atoms with van der Waals surface area (Å²) in [4.78, 5) is 6.18. The molecule has 1 aromatic carbocycles. The monoisotopic (exact) mass is 243 g/mol. The van der Waals surface area contributed by atoms with Crippen LogP contribution in [0, 0.1) is 0 Å². The molecule has 94 valence electrons. The average molecular weight is 243 g/mol. The highest BCUT2D eigenvalue weighted by molar-refractivity contribution is 5.75. The largest absolute Gasteiger partial charge is 0.459 e. The van der Waals surface area contributed by atoms with Crippen LogP contribution in [-0.4, -0.2) is 19.7 Å². The number of ether oxygens (including phenoxy) is 1. The summed E-state index contributed by atoms with van der Waals surface area (Å²) >= 11 is 0. The summed E-state index contributed by atoms with van der Waals surface area (Å²) in [6.45, 7) is 0.457. The van der Waals surface area contributed by atoms with Gasteiger partial charge in [0.2, 0.25) is 0 Å². The van der Waals surface area contributed by atoms with Gasteiger partial charge in [0.05, 0.1) is 5.70 Å². The molecule has 1 aliphatic heterocycles. The Balaban J connectivity index is 1.79. The summed E-state index contributed by atoms with van der Waals surface area (Å²) in [6.07, 6.45) is 4.61. The van der Waals surface area contributed by atoms with Crippen molar-refractivity contribution >= 4 is 11.7 Å². The molecular weight excluding hydrogens is 226 g/mol. The van der Waals surface area contributed by atoms with Gasteiger partial charge in [0, 0.05) is 18.9 Å². The van der Waals surface area contributed by atoms with Crippen molar-refractivity contribution < 1.29 is 4.74 Å². The zero-order valence-electron chi connectivity index (χ0n) is 10.5. The smallest absolute Gasteiger partial charge is 0.287 e. The van der Waals surface area contributed by atoms with Crippen LogP contribution in [0.5, 0.6) is 0 Å². The lowest BCUT2D eigenvalue weighted by atomic mass is 10.1. The predicted octanol–water partition coefficient (Wildman–Crippen LogP) is 2.19. The van der Waals surface area contributed by atoms with Crippen LogP contribution in [0.1, 0.15) is 24.3 Å². The second kappa shape index (κ2) is 4.37. The van der Waals surface area contributed by atoms with E-state index in [2.05, 4.69) is 34.2 Å². The van der Waals surface area contributed by atoms with Crippen molar-refractivity contribution in [3.05, 3.63) is 41.7 Å². The lowest BCUT2D eigenvalue weighted by Gasteiger charge is -2.15. The topological polar surface area (TPSA) is 50.9 Å². The van der Waals surface area contributed by atoms with E-state index in [1.54, 1.807) is 0 Å². The summed E-state index contributed by atoms with van der Waals surface area (Å²) < 4.78 is 5.11. The summed E-state index contributed by atoms with van der Waals surface area (Å²) in [7, 11) is 2.02. The molecule has 0 radical (unpaired) electrons. The zero-order valence-corrected chi connectivity index (χ0v) is 10.5. The summed E-state index contributed by atoms with van der Waals surface area (Å²) in [6, 6.07) is 8.92. The van der Waals surface area contributed by atoms with Crippen molar-refractivity contribution in [2.24, 2.45) is 10.7 Å². The maximum Gasteiger partial charge on any atom is 0.287 e. The highest BCUT2D eigenvalue weighted by Crippen LogP contribution is 2.40. The highest BCUT2D eigenvalue weighted by Gasteiger charge is 2.23.